The molecular formula is C18H12BrN3O5S. The monoisotopic (exact) mass is 461 g/mol. The Bertz CT molecular complexity index is 1010. The van der Waals surface area contributed by atoms with E-state index in [-0.39, 0.29) is 10.6 Å². The molecule has 0 spiro atoms. The predicted molar refractivity (Wildman–Crippen MR) is 109 cm³/mol. The highest BCUT2D eigenvalue weighted by atomic mass is 79.9. The van der Waals surface area contributed by atoms with Gasteiger partial charge in [0.1, 0.15) is 6.54 Å². The normalized spacial score (nSPS) is 15.2. The fourth-order valence-corrected chi connectivity index (χ4v) is 3.50. The van der Waals surface area contributed by atoms with E-state index in [9.17, 15) is 24.5 Å². The van der Waals surface area contributed by atoms with Crippen molar-refractivity contribution in [2.75, 3.05) is 11.9 Å². The maximum Gasteiger partial charge on any atom is 0.294 e. The molecule has 1 N–H and O–H groups in total. The van der Waals surface area contributed by atoms with E-state index < -0.39 is 28.5 Å². The molecule has 8 nitrogen and oxygen atoms in total. The molecule has 0 radical (unpaired) electrons. The summed E-state index contributed by atoms with van der Waals surface area (Å²) in [4.78, 5) is 48.0. The molecular weight excluding hydrogens is 450 g/mol. The first-order chi connectivity index (χ1) is 13.3. The number of thioether (sulfide) groups is 1. The Kier molecular flexibility index (Phi) is 5.90. The fraction of sp³-hybridized carbons (Fsp3) is 0.0556. The van der Waals surface area contributed by atoms with Crippen LogP contribution in [0.4, 0.5) is 16.2 Å². The Labute approximate surface area is 171 Å². The van der Waals surface area contributed by atoms with Gasteiger partial charge in [0.05, 0.1) is 9.83 Å². The number of nitro benzene ring substituents is 1. The molecule has 3 amide bonds. The van der Waals surface area contributed by atoms with E-state index in [1.165, 1.54) is 24.3 Å². The number of carbonyl (C=O) groups is 3. The summed E-state index contributed by atoms with van der Waals surface area (Å²) in [5.74, 6) is -1.13. The highest BCUT2D eigenvalue weighted by Gasteiger charge is 2.36. The van der Waals surface area contributed by atoms with Crippen LogP contribution in [0.5, 0.6) is 0 Å². The third kappa shape index (κ3) is 4.65. The molecule has 28 heavy (non-hydrogen) atoms. The number of amides is 3. The molecule has 0 saturated carbocycles. The minimum absolute atomic E-state index is 0.0990. The molecule has 1 aliphatic heterocycles. The number of halogens is 1. The van der Waals surface area contributed by atoms with Crippen molar-refractivity contribution in [1.82, 2.24) is 4.90 Å². The number of carbonyl (C=O) groups excluding carboxylic acids is 3. The van der Waals surface area contributed by atoms with Crippen molar-refractivity contribution in [2.45, 2.75) is 0 Å². The third-order valence-electron chi connectivity index (χ3n) is 3.68. The van der Waals surface area contributed by atoms with Crippen LogP contribution < -0.4 is 5.32 Å². The van der Waals surface area contributed by atoms with Gasteiger partial charge < -0.3 is 5.32 Å². The topological polar surface area (TPSA) is 110 Å². The van der Waals surface area contributed by atoms with Gasteiger partial charge in [-0.25, -0.2) is 0 Å². The minimum atomic E-state index is -0.618. The van der Waals surface area contributed by atoms with E-state index in [0.29, 0.717) is 23.0 Å². The largest absolute Gasteiger partial charge is 0.325 e. The minimum Gasteiger partial charge on any atom is -0.325 e. The summed E-state index contributed by atoms with van der Waals surface area (Å²) in [5.41, 5.74) is 0.827. The maximum atomic E-state index is 12.5. The maximum absolute atomic E-state index is 12.5. The van der Waals surface area contributed by atoms with Gasteiger partial charge in [0.2, 0.25) is 5.91 Å². The molecule has 0 aromatic heterocycles. The average molecular weight is 462 g/mol. The SMILES string of the molecule is O=C(CN1C(=O)S/C(=C/c2cccc([N+](=O)[O-])c2)C1=O)Nc1ccc(Br)cc1. The second kappa shape index (κ2) is 8.36. The number of hydrogen-bond donors (Lipinski definition) is 1. The van der Waals surface area contributed by atoms with Crippen molar-refractivity contribution < 1.29 is 19.3 Å². The lowest BCUT2D eigenvalue weighted by Gasteiger charge is -2.12. The lowest BCUT2D eigenvalue weighted by molar-refractivity contribution is -0.384. The summed E-state index contributed by atoms with van der Waals surface area (Å²) in [6.07, 6.45) is 1.39. The van der Waals surface area contributed by atoms with Crippen LogP contribution in [0.25, 0.3) is 6.08 Å². The van der Waals surface area contributed by atoms with Gasteiger partial charge >= 0.3 is 0 Å². The van der Waals surface area contributed by atoms with Gasteiger partial charge in [-0.2, -0.15) is 0 Å². The number of nitrogens with one attached hydrogen (secondary N) is 1. The number of imide groups is 1. The zero-order chi connectivity index (χ0) is 20.3. The lowest BCUT2D eigenvalue weighted by atomic mass is 10.2. The van der Waals surface area contributed by atoms with Crippen molar-refractivity contribution in [2.24, 2.45) is 0 Å². The molecule has 3 rings (SSSR count). The highest BCUT2D eigenvalue weighted by molar-refractivity contribution is 9.10. The Morgan fingerprint density at radius 2 is 1.93 bits per heavy atom. The summed E-state index contributed by atoms with van der Waals surface area (Å²) >= 11 is 3.97. The van der Waals surface area contributed by atoms with Gasteiger partial charge in [-0.05, 0) is 47.7 Å². The standard InChI is InChI=1S/C18H12BrN3O5S/c19-12-4-6-13(7-5-12)20-16(23)10-21-17(24)15(28-18(21)25)9-11-2-1-3-14(8-11)22(26)27/h1-9H,10H2,(H,20,23)/b15-9+. The molecule has 1 saturated heterocycles. The second-order valence-corrected chi connectivity index (χ2v) is 7.58. The van der Waals surface area contributed by atoms with Crippen LogP contribution in [-0.4, -0.2) is 33.4 Å². The molecule has 142 valence electrons. The van der Waals surface area contributed by atoms with Crippen LogP contribution in [0, 0.1) is 10.1 Å². The van der Waals surface area contributed by atoms with E-state index in [1.54, 1.807) is 30.3 Å². The van der Waals surface area contributed by atoms with Gasteiger partial charge in [-0.1, -0.05) is 28.1 Å². The van der Waals surface area contributed by atoms with Gasteiger partial charge in [-0.15, -0.1) is 0 Å². The van der Waals surface area contributed by atoms with Crippen LogP contribution in [0.3, 0.4) is 0 Å². The number of benzene rings is 2. The first-order valence-electron chi connectivity index (χ1n) is 7.89. The molecule has 2 aromatic carbocycles. The van der Waals surface area contributed by atoms with Crippen molar-refractivity contribution in [1.29, 1.82) is 0 Å². The Morgan fingerprint density at radius 1 is 1.21 bits per heavy atom. The van der Waals surface area contributed by atoms with Crippen LogP contribution in [0.15, 0.2) is 57.9 Å². The van der Waals surface area contributed by atoms with E-state index in [2.05, 4.69) is 21.2 Å². The number of nitro groups is 1. The number of non-ortho nitro benzene ring substituents is 1. The summed E-state index contributed by atoms with van der Waals surface area (Å²) in [5, 5.41) is 12.9. The first kappa shape index (κ1) is 19.8. The van der Waals surface area contributed by atoms with Crippen LogP contribution in [-0.2, 0) is 9.59 Å². The zero-order valence-electron chi connectivity index (χ0n) is 14.1. The summed E-state index contributed by atoms with van der Waals surface area (Å²) < 4.78 is 0.850. The highest BCUT2D eigenvalue weighted by Crippen LogP contribution is 2.32. The quantitative estimate of drug-likeness (QED) is 0.408. The summed E-state index contributed by atoms with van der Waals surface area (Å²) in [6, 6.07) is 12.6. The average Bonchev–Trinajstić information content (AvgIpc) is 2.91. The van der Waals surface area contributed by atoms with Crippen molar-refractivity contribution in [3.05, 3.63) is 73.6 Å². The smallest absolute Gasteiger partial charge is 0.294 e. The lowest BCUT2D eigenvalue weighted by Crippen LogP contribution is -2.36. The molecule has 0 unspecified atom stereocenters. The van der Waals surface area contributed by atoms with Gasteiger partial charge in [0, 0.05) is 22.3 Å². The van der Waals surface area contributed by atoms with Gasteiger partial charge in [0.15, 0.2) is 0 Å². The number of hydrogen-bond acceptors (Lipinski definition) is 6. The number of nitrogens with zero attached hydrogens (tertiary/aromatic N) is 2. The van der Waals surface area contributed by atoms with Gasteiger partial charge in [-0.3, -0.25) is 29.4 Å². The Hall–Kier alpha value is -2.98. The zero-order valence-corrected chi connectivity index (χ0v) is 16.5. The van der Waals surface area contributed by atoms with Crippen LogP contribution >= 0.6 is 27.7 Å². The fourth-order valence-electron chi connectivity index (χ4n) is 2.39. The van der Waals surface area contributed by atoms with Crippen molar-refractivity contribution in [3.8, 4) is 0 Å². The molecule has 1 heterocycles. The van der Waals surface area contributed by atoms with E-state index in [4.69, 9.17) is 0 Å². The van der Waals surface area contributed by atoms with Crippen LogP contribution in [0.2, 0.25) is 0 Å². The van der Waals surface area contributed by atoms with E-state index in [1.807, 2.05) is 0 Å². The third-order valence-corrected chi connectivity index (χ3v) is 5.12. The molecule has 2 aromatic rings. The Balaban J connectivity index is 1.71. The molecule has 1 fully saturated rings. The summed E-state index contributed by atoms with van der Waals surface area (Å²) in [7, 11) is 0. The predicted octanol–water partition coefficient (Wildman–Crippen LogP) is 4.03. The summed E-state index contributed by atoms with van der Waals surface area (Å²) in [6.45, 7) is -0.424. The number of rotatable bonds is 5. The van der Waals surface area contributed by atoms with Crippen molar-refractivity contribution in [3.63, 3.8) is 0 Å². The molecule has 10 heteroatoms. The second-order valence-electron chi connectivity index (χ2n) is 5.68. The Morgan fingerprint density at radius 3 is 2.61 bits per heavy atom. The van der Waals surface area contributed by atoms with E-state index >= 15 is 0 Å². The first-order valence-corrected chi connectivity index (χ1v) is 9.49. The van der Waals surface area contributed by atoms with Crippen LogP contribution in [0.1, 0.15) is 5.56 Å². The molecule has 0 bridgehead atoms. The molecule has 0 atom stereocenters. The van der Waals surface area contributed by atoms with Crippen molar-refractivity contribution >= 4 is 62.2 Å². The van der Waals surface area contributed by atoms with E-state index in [0.717, 1.165) is 9.37 Å². The van der Waals surface area contributed by atoms with Gasteiger partial charge in [0.25, 0.3) is 16.8 Å². The molecule has 0 aliphatic carbocycles. The molecule has 1 aliphatic rings. The number of anilines is 1.